The van der Waals surface area contributed by atoms with E-state index in [-0.39, 0.29) is 12.4 Å². The number of hydrogen-bond donors (Lipinski definition) is 1. The minimum Gasteiger partial charge on any atom is -0.312 e. The largest absolute Gasteiger partial charge is 0.312 e. The number of nitrogens with one attached hydrogen (secondary N) is 1. The Bertz CT molecular complexity index is 364. The van der Waals surface area contributed by atoms with E-state index in [1.54, 1.807) is 11.1 Å². The summed E-state index contributed by atoms with van der Waals surface area (Å²) in [6.45, 7) is 9.08. The first-order chi connectivity index (χ1) is 8.83. The van der Waals surface area contributed by atoms with Crippen LogP contribution in [0.15, 0.2) is 24.3 Å². The van der Waals surface area contributed by atoms with Gasteiger partial charge in [-0.3, -0.25) is 0 Å². The summed E-state index contributed by atoms with van der Waals surface area (Å²) in [6.07, 6.45) is 3.72. The lowest BCUT2D eigenvalue weighted by molar-refractivity contribution is 0.293. The lowest BCUT2D eigenvalue weighted by Gasteiger charge is -2.27. The quantitative estimate of drug-likeness (QED) is 0.863. The molecule has 1 aromatic rings. The third kappa shape index (κ3) is 4.79. The molecule has 0 spiro atoms. The van der Waals surface area contributed by atoms with E-state index in [1.807, 2.05) is 0 Å². The molecule has 1 unspecified atom stereocenters. The van der Waals surface area contributed by atoms with E-state index >= 15 is 0 Å². The van der Waals surface area contributed by atoms with Gasteiger partial charge >= 0.3 is 0 Å². The molecule has 0 radical (unpaired) electrons. The Morgan fingerprint density at radius 1 is 1.16 bits per heavy atom. The van der Waals surface area contributed by atoms with Crippen molar-refractivity contribution in [1.82, 2.24) is 10.2 Å². The topological polar surface area (TPSA) is 15.3 Å². The average molecular weight is 283 g/mol. The predicted octanol–water partition coefficient (Wildman–Crippen LogP) is 2.90. The Hall–Kier alpha value is -0.570. The van der Waals surface area contributed by atoms with Crippen LogP contribution >= 0.6 is 12.4 Å². The maximum atomic E-state index is 3.72. The molecule has 0 amide bonds. The minimum absolute atomic E-state index is 0. The first-order valence-corrected chi connectivity index (χ1v) is 7.36. The summed E-state index contributed by atoms with van der Waals surface area (Å²) >= 11 is 0. The summed E-state index contributed by atoms with van der Waals surface area (Å²) in [5.41, 5.74) is 3.10. The molecule has 1 N–H and O–H groups in total. The second-order valence-electron chi connectivity index (χ2n) is 5.19. The molecule has 0 saturated carbocycles. The highest BCUT2D eigenvalue weighted by atomic mass is 35.5. The molecule has 108 valence electrons. The van der Waals surface area contributed by atoms with E-state index in [0.29, 0.717) is 6.04 Å². The third-order valence-electron chi connectivity index (χ3n) is 4.10. The molecule has 1 aliphatic rings. The van der Waals surface area contributed by atoms with Crippen molar-refractivity contribution in [1.29, 1.82) is 0 Å². The number of halogens is 1. The highest BCUT2D eigenvalue weighted by Crippen LogP contribution is 2.20. The van der Waals surface area contributed by atoms with Gasteiger partial charge in [-0.05, 0) is 43.5 Å². The third-order valence-corrected chi connectivity index (χ3v) is 4.10. The van der Waals surface area contributed by atoms with Gasteiger partial charge in [-0.2, -0.15) is 0 Å². The Morgan fingerprint density at radius 2 is 1.84 bits per heavy atom. The van der Waals surface area contributed by atoms with Crippen LogP contribution in [0, 0.1) is 0 Å². The van der Waals surface area contributed by atoms with Crippen molar-refractivity contribution in [3.63, 3.8) is 0 Å². The number of rotatable bonds is 6. The normalized spacial score (nSPS) is 17.9. The molecule has 0 heterocycles. The molecule has 0 aliphatic heterocycles. The van der Waals surface area contributed by atoms with Crippen molar-refractivity contribution in [2.24, 2.45) is 0 Å². The number of aryl methyl sites for hydroxylation is 1. The maximum absolute atomic E-state index is 3.72. The lowest BCUT2D eigenvalue weighted by atomic mass is 9.88. The number of hydrogen-bond acceptors (Lipinski definition) is 2. The molecule has 2 rings (SSSR count). The van der Waals surface area contributed by atoms with Gasteiger partial charge in [0.15, 0.2) is 0 Å². The Balaban J connectivity index is 0.00000180. The van der Waals surface area contributed by atoms with Crippen molar-refractivity contribution < 1.29 is 0 Å². The lowest BCUT2D eigenvalue weighted by Crippen LogP contribution is -2.39. The van der Waals surface area contributed by atoms with Gasteiger partial charge in [-0.15, -0.1) is 12.4 Å². The van der Waals surface area contributed by atoms with Crippen LogP contribution in [0.5, 0.6) is 0 Å². The molecule has 0 aromatic heterocycles. The van der Waals surface area contributed by atoms with Crippen LogP contribution in [0.1, 0.15) is 31.4 Å². The fourth-order valence-electron chi connectivity index (χ4n) is 2.84. The van der Waals surface area contributed by atoms with E-state index in [2.05, 4.69) is 48.3 Å². The summed E-state index contributed by atoms with van der Waals surface area (Å²) in [6, 6.07) is 9.56. The zero-order valence-electron chi connectivity index (χ0n) is 12.2. The molecular weight excluding hydrogens is 256 g/mol. The summed E-state index contributed by atoms with van der Waals surface area (Å²) in [7, 11) is 0. The molecule has 1 atom stereocenters. The smallest absolute Gasteiger partial charge is 0.0111 e. The summed E-state index contributed by atoms with van der Waals surface area (Å²) in [5, 5.41) is 3.72. The molecule has 1 aromatic carbocycles. The monoisotopic (exact) mass is 282 g/mol. The fourth-order valence-corrected chi connectivity index (χ4v) is 2.84. The van der Waals surface area contributed by atoms with Crippen molar-refractivity contribution in [2.75, 3.05) is 26.2 Å². The van der Waals surface area contributed by atoms with Crippen LogP contribution < -0.4 is 5.32 Å². The molecule has 0 bridgehead atoms. The van der Waals surface area contributed by atoms with Crippen LogP contribution in [-0.4, -0.2) is 37.1 Å². The Morgan fingerprint density at radius 3 is 2.53 bits per heavy atom. The SMILES string of the molecule is CCN(CC)CCNC1CCc2ccccc2C1.Cl. The van der Waals surface area contributed by atoms with Gasteiger partial charge in [0.05, 0.1) is 0 Å². The molecular formula is C16H27ClN2. The highest BCUT2D eigenvalue weighted by molar-refractivity contribution is 5.85. The summed E-state index contributed by atoms with van der Waals surface area (Å²) < 4.78 is 0. The fraction of sp³-hybridized carbons (Fsp3) is 0.625. The van der Waals surface area contributed by atoms with Crippen molar-refractivity contribution in [2.45, 2.75) is 39.2 Å². The van der Waals surface area contributed by atoms with E-state index in [4.69, 9.17) is 0 Å². The van der Waals surface area contributed by atoms with Gasteiger partial charge in [0, 0.05) is 19.1 Å². The number of fused-ring (bicyclic) bond motifs is 1. The second-order valence-corrected chi connectivity index (χ2v) is 5.19. The van der Waals surface area contributed by atoms with Crippen LogP contribution in [0.3, 0.4) is 0 Å². The maximum Gasteiger partial charge on any atom is 0.0111 e. The predicted molar refractivity (Wildman–Crippen MR) is 85.3 cm³/mol. The van der Waals surface area contributed by atoms with E-state index < -0.39 is 0 Å². The zero-order valence-corrected chi connectivity index (χ0v) is 13.0. The van der Waals surface area contributed by atoms with Crippen molar-refractivity contribution >= 4 is 12.4 Å². The van der Waals surface area contributed by atoms with Gasteiger partial charge in [-0.1, -0.05) is 38.1 Å². The second kappa shape index (κ2) is 8.57. The van der Waals surface area contributed by atoms with Crippen LogP contribution in [-0.2, 0) is 12.8 Å². The van der Waals surface area contributed by atoms with Gasteiger partial charge in [-0.25, -0.2) is 0 Å². The molecule has 0 fully saturated rings. The molecule has 3 heteroatoms. The first-order valence-electron chi connectivity index (χ1n) is 7.36. The van der Waals surface area contributed by atoms with E-state index in [9.17, 15) is 0 Å². The van der Waals surface area contributed by atoms with Crippen LogP contribution in [0.4, 0.5) is 0 Å². The zero-order chi connectivity index (χ0) is 12.8. The summed E-state index contributed by atoms with van der Waals surface area (Å²) in [5.74, 6) is 0. The standard InChI is InChI=1S/C16H26N2.ClH/c1-3-18(4-2)12-11-17-16-10-9-14-7-5-6-8-15(14)13-16;/h5-8,16-17H,3-4,9-13H2,1-2H3;1H. The van der Waals surface area contributed by atoms with Crippen molar-refractivity contribution in [3.05, 3.63) is 35.4 Å². The van der Waals surface area contributed by atoms with Gasteiger partial charge < -0.3 is 10.2 Å². The molecule has 2 nitrogen and oxygen atoms in total. The average Bonchev–Trinajstić information content (AvgIpc) is 2.43. The molecule has 1 aliphatic carbocycles. The number of likely N-dealkylation sites (N-methyl/N-ethyl adjacent to an activating group) is 1. The Labute approximate surface area is 124 Å². The van der Waals surface area contributed by atoms with Gasteiger partial charge in [0.1, 0.15) is 0 Å². The minimum atomic E-state index is 0. The number of benzene rings is 1. The van der Waals surface area contributed by atoms with Crippen molar-refractivity contribution in [3.8, 4) is 0 Å². The Kier molecular flexibility index (Phi) is 7.44. The van der Waals surface area contributed by atoms with Gasteiger partial charge in [0.2, 0.25) is 0 Å². The highest BCUT2D eigenvalue weighted by Gasteiger charge is 2.17. The van der Waals surface area contributed by atoms with E-state index in [1.165, 1.54) is 25.8 Å². The number of nitrogens with zero attached hydrogens (tertiary/aromatic N) is 1. The van der Waals surface area contributed by atoms with E-state index in [0.717, 1.165) is 19.6 Å². The first kappa shape index (κ1) is 16.5. The van der Waals surface area contributed by atoms with Crippen LogP contribution in [0.25, 0.3) is 0 Å². The molecule has 19 heavy (non-hydrogen) atoms. The summed E-state index contributed by atoms with van der Waals surface area (Å²) in [4.78, 5) is 2.48. The van der Waals surface area contributed by atoms with Crippen LogP contribution in [0.2, 0.25) is 0 Å². The van der Waals surface area contributed by atoms with Gasteiger partial charge in [0.25, 0.3) is 0 Å². The molecule has 0 saturated heterocycles.